The number of methoxy groups -OCH3 is 1. The van der Waals surface area contributed by atoms with E-state index in [4.69, 9.17) is 9.47 Å². The number of carbonyl (C=O) groups excluding carboxylic acids is 1. The Labute approximate surface area is 230 Å². The van der Waals surface area contributed by atoms with Gasteiger partial charge in [0.1, 0.15) is 11.5 Å². The fourth-order valence-electron chi connectivity index (χ4n) is 5.53. The van der Waals surface area contributed by atoms with Gasteiger partial charge in [-0.25, -0.2) is 4.79 Å². The largest absolute Gasteiger partial charge is 0.508 e. The minimum Gasteiger partial charge on any atom is -0.508 e. The van der Waals surface area contributed by atoms with Crippen molar-refractivity contribution >= 4 is 22.6 Å². The van der Waals surface area contributed by atoms with Crippen LogP contribution in [0.2, 0.25) is 0 Å². The number of anilines is 1. The smallest absolute Gasteiger partial charge is 0.340 e. The maximum atomic E-state index is 13.8. The van der Waals surface area contributed by atoms with E-state index in [-0.39, 0.29) is 12.4 Å². The zero-order valence-corrected chi connectivity index (χ0v) is 23.2. The number of fused-ring (bicyclic) bond motifs is 1. The summed E-state index contributed by atoms with van der Waals surface area (Å²) in [4.78, 5) is 18.2. The number of rotatable bonds is 8. The number of hydrogen-bond donors (Lipinski definition) is 1. The fourth-order valence-corrected chi connectivity index (χ4v) is 5.53. The summed E-state index contributed by atoms with van der Waals surface area (Å²) in [5.74, 6) is 0.528. The molecule has 3 aromatic carbocycles. The number of aromatic hydroxyl groups is 1. The number of ether oxygens (including phenoxy) is 2. The van der Waals surface area contributed by atoms with Crippen molar-refractivity contribution in [2.45, 2.75) is 32.7 Å². The van der Waals surface area contributed by atoms with Gasteiger partial charge in [0.15, 0.2) is 0 Å². The first-order valence-electron chi connectivity index (χ1n) is 13.6. The highest BCUT2D eigenvalue weighted by atomic mass is 16.5. The second kappa shape index (κ2) is 11.4. The van der Waals surface area contributed by atoms with E-state index >= 15 is 0 Å². The predicted molar refractivity (Wildman–Crippen MR) is 156 cm³/mol. The third-order valence-electron chi connectivity index (χ3n) is 7.52. The summed E-state index contributed by atoms with van der Waals surface area (Å²) in [6, 6.07) is 19.6. The van der Waals surface area contributed by atoms with Crippen LogP contribution in [0.3, 0.4) is 0 Å². The molecule has 0 radical (unpaired) electrons. The molecule has 1 aliphatic rings. The topological polar surface area (TPSA) is 67.2 Å². The van der Waals surface area contributed by atoms with Gasteiger partial charge in [-0.3, -0.25) is 4.90 Å². The Balaban J connectivity index is 1.83. The standard InChI is InChI=1S/C32H37N3O4/c1-5-39-32(37)30-29-26(21-34-19-7-6-8-20-34)28(36)18-17-27(29)35(24-13-11-23(12-14-24)33(2)3)31(30)22-9-15-25(38-4)16-10-22/h9-18,36H,5-8,19-21H2,1-4H3. The number of carbonyl (C=O) groups is 1. The van der Waals surface area contributed by atoms with Crippen LogP contribution >= 0.6 is 0 Å². The molecule has 5 rings (SSSR count). The number of aromatic nitrogens is 1. The molecule has 0 atom stereocenters. The first-order valence-corrected chi connectivity index (χ1v) is 13.6. The van der Waals surface area contributed by atoms with E-state index in [1.54, 1.807) is 13.2 Å². The molecular formula is C32H37N3O4. The van der Waals surface area contributed by atoms with Gasteiger partial charge in [-0.15, -0.1) is 0 Å². The summed E-state index contributed by atoms with van der Waals surface area (Å²) >= 11 is 0. The van der Waals surface area contributed by atoms with E-state index in [1.165, 1.54) is 6.42 Å². The maximum Gasteiger partial charge on any atom is 0.340 e. The number of phenols is 1. The lowest BCUT2D eigenvalue weighted by molar-refractivity contribution is 0.0529. The van der Waals surface area contributed by atoms with Crippen molar-refractivity contribution in [3.63, 3.8) is 0 Å². The minimum absolute atomic E-state index is 0.194. The van der Waals surface area contributed by atoms with E-state index in [0.717, 1.165) is 70.8 Å². The van der Waals surface area contributed by atoms with Crippen molar-refractivity contribution in [3.8, 4) is 28.4 Å². The van der Waals surface area contributed by atoms with Crippen molar-refractivity contribution in [2.24, 2.45) is 0 Å². The molecule has 1 N–H and O–H groups in total. The molecule has 4 aromatic rings. The Morgan fingerprint density at radius 1 is 0.949 bits per heavy atom. The van der Waals surface area contributed by atoms with Gasteiger partial charge in [0, 0.05) is 43.0 Å². The summed E-state index contributed by atoms with van der Waals surface area (Å²) < 4.78 is 13.2. The van der Waals surface area contributed by atoms with E-state index in [2.05, 4.69) is 38.6 Å². The summed E-state index contributed by atoms with van der Waals surface area (Å²) in [5.41, 5.74) is 5.67. The average Bonchev–Trinajstić information content (AvgIpc) is 3.31. The molecule has 0 unspecified atom stereocenters. The number of piperidine rings is 1. The van der Waals surface area contributed by atoms with Crippen molar-refractivity contribution in [2.75, 3.05) is 45.8 Å². The highest BCUT2D eigenvalue weighted by molar-refractivity contribution is 6.13. The van der Waals surface area contributed by atoms with Crippen molar-refractivity contribution in [1.82, 2.24) is 9.47 Å². The Kier molecular flexibility index (Phi) is 7.79. The monoisotopic (exact) mass is 527 g/mol. The summed E-state index contributed by atoms with van der Waals surface area (Å²) in [5, 5.41) is 11.9. The van der Waals surface area contributed by atoms with Crippen LogP contribution < -0.4 is 9.64 Å². The zero-order valence-electron chi connectivity index (χ0n) is 23.2. The SMILES string of the molecule is CCOC(=O)c1c(-c2ccc(OC)cc2)n(-c2ccc(N(C)C)cc2)c2ccc(O)c(CN3CCCCC3)c12. The van der Waals surface area contributed by atoms with Crippen molar-refractivity contribution < 1.29 is 19.4 Å². The normalized spacial score (nSPS) is 13.9. The first kappa shape index (κ1) is 26.6. The van der Waals surface area contributed by atoms with Crippen LogP contribution in [0.1, 0.15) is 42.1 Å². The van der Waals surface area contributed by atoms with Gasteiger partial charge in [0.05, 0.1) is 30.5 Å². The van der Waals surface area contributed by atoms with E-state index in [0.29, 0.717) is 12.1 Å². The number of hydrogen-bond acceptors (Lipinski definition) is 6. The van der Waals surface area contributed by atoms with Gasteiger partial charge in [0.2, 0.25) is 0 Å². The molecule has 2 heterocycles. The summed E-state index contributed by atoms with van der Waals surface area (Å²) in [6.07, 6.45) is 3.50. The number of likely N-dealkylation sites (tertiary alicyclic amines) is 1. The molecule has 1 aliphatic heterocycles. The van der Waals surface area contributed by atoms with Crippen LogP contribution in [0, 0.1) is 0 Å². The number of phenolic OH excluding ortho intramolecular Hbond substituents is 1. The van der Waals surface area contributed by atoms with Gasteiger partial charge in [0.25, 0.3) is 0 Å². The van der Waals surface area contributed by atoms with Crippen molar-refractivity contribution in [1.29, 1.82) is 0 Å². The van der Waals surface area contributed by atoms with Gasteiger partial charge in [-0.05, 0) is 99.1 Å². The molecule has 1 fully saturated rings. The third-order valence-corrected chi connectivity index (χ3v) is 7.52. The predicted octanol–water partition coefficient (Wildman–Crippen LogP) is 6.24. The molecular weight excluding hydrogens is 490 g/mol. The molecule has 0 bridgehead atoms. The molecule has 1 aromatic heterocycles. The van der Waals surface area contributed by atoms with Gasteiger partial charge >= 0.3 is 5.97 Å². The summed E-state index contributed by atoms with van der Waals surface area (Å²) in [6.45, 7) is 4.59. The first-order chi connectivity index (χ1) is 18.9. The molecule has 1 saturated heterocycles. The molecule has 39 heavy (non-hydrogen) atoms. The lowest BCUT2D eigenvalue weighted by Gasteiger charge is -2.27. The third kappa shape index (κ3) is 5.19. The average molecular weight is 528 g/mol. The zero-order chi connectivity index (χ0) is 27.5. The molecule has 0 amide bonds. The Bertz CT molecular complexity index is 1450. The lowest BCUT2D eigenvalue weighted by atomic mass is 9.99. The molecule has 0 saturated carbocycles. The molecule has 7 heteroatoms. The highest BCUT2D eigenvalue weighted by Crippen LogP contribution is 2.42. The highest BCUT2D eigenvalue weighted by Gasteiger charge is 2.29. The molecule has 7 nitrogen and oxygen atoms in total. The van der Waals surface area contributed by atoms with Crippen LogP contribution in [0.5, 0.6) is 11.5 Å². The number of esters is 1. The Morgan fingerprint density at radius 2 is 1.64 bits per heavy atom. The Morgan fingerprint density at radius 3 is 2.26 bits per heavy atom. The Hall–Kier alpha value is -3.97. The van der Waals surface area contributed by atoms with Crippen LogP contribution in [-0.4, -0.2) is 61.4 Å². The maximum absolute atomic E-state index is 13.8. The fraction of sp³-hybridized carbons (Fsp3) is 0.344. The minimum atomic E-state index is -0.400. The second-order valence-electron chi connectivity index (χ2n) is 10.2. The molecule has 0 spiro atoms. The van der Waals surface area contributed by atoms with Gasteiger partial charge in [-0.2, -0.15) is 0 Å². The van der Waals surface area contributed by atoms with Crippen LogP contribution in [0.15, 0.2) is 60.7 Å². The quantitative estimate of drug-likeness (QED) is 0.274. The summed E-state index contributed by atoms with van der Waals surface area (Å²) in [7, 11) is 5.66. The molecule has 0 aliphatic carbocycles. The lowest BCUT2D eigenvalue weighted by Crippen LogP contribution is -2.29. The second-order valence-corrected chi connectivity index (χ2v) is 10.2. The van der Waals surface area contributed by atoms with Crippen LogP contribution in [0.25, 0.3) is 27.8 Å². The van der Waals surface area contributed by atoms with Crippen LogP contribution in [-0.2, 0) is 11.3 Å². The van der Waals surface area contributed by atoms with E-state index < -0.39 is 5.97 Å². The number of benzene rings is 3. The van der Waals surface area contributed by atoms with Crippen molar-refractivity contribution in [3.05, 3.63) is 71.8 Å². The molecule has 204 valence electrons. The van der Waals surface area contributed by atoms with Gasteiger partial charge < -0.3 is 24.0 Å². The van der Waals surface area contributed by atoms with Crippen LogP contribution in [0.4, 0.5) is 5.69 Å². The van der Waals surface area contributed by atoms with E-state index in [9.17, 15) is 9.90 Å². The van der Waals surface area contributed by atoms with Gasteiger partial charge in [-0.1, -0.05) is 6.42 Å². The van der Waals surface area contributed by atoms with E-state index in [1.807, 2.05) is 51.4 Å². The number of nitrogens with zero attached hydrogens (tertiary/aromatic N) is 3.